The number of aryl methyl sites for hydroxylation is 1. The lowest BCUT2D eigenvalue weighted by atomic mass is 9.83. The quantitative estimate of drug-likeness (QED) is 0.811. The Balaban J connectivity index is 2.16. The zero-order valence-corrected chi connectivity index (χ0v) is 11.2. The Morgan fingerprint density at radius 1 is 1.24 bits per heavy atom. The van der Waals surface area contributed by atoms with Crippen LogP contribution in [0.15, 0.2) is 24.3 Å². The molecule has 0 spiro atoms. The number of rotatable bonds is 5. The van der Waals surface area contributed by atoms with E-state index in [4.69, 9.17) is 0 Å². The molecule has 1 aliphatic rings. The predicted molar refractivity (Wildman–Crippen MR) is 74.4 cm³/mol. The van der Waals surface area contributed by atoms with Crippen molar-refractivity contribution in [2.24, 2.45) is 5.92 Å². The number of likely N-dealkylation sites (N-methyl/N-ethyl adjacent to an activating group) is 1. The lowest BCUT2D eigenvalue weighted by molar-refractivity contribution is 0.413. The minimum atomic E-state index is 0.721. The number of hydrogen-bond acceptors (Lipinski definition) is 1. The highest BCUT2D eigenvalue weighted by atomic mass is 14.8. The second-order valence-corrected chi connectivity index (χ2v) is 5.32. The van der Waals surface area contributed by atoms with Crippen molar-refractivity contribution in [2.75, 3.05) is 13.1 Å². The Morgan fingerprint density at radius 3 is 2.59 bits per heavy atom. The van der Waals surface area contributed by atoms with Crippen molar-refractivity contribution in [3.63, 3.8) is 0 Å². The van der Waals surface area contributed by atoms with Gasteiger partial charge < -0.3 is 5.32 Å². The first-order valence-electron chi connectivity index (χ1n) is 7.09. The van der Waals surface area contributed by atoms with Crippen molar-refractivity contribution >= 4 is 0 Å². The van der Waals surface area contributed by atoms with Crippen LogP contribution in [-0.4, -0.2) is 13.1 Å². The topological polar surface area (TPSA) is 12.0 Å². The highest BCUT2D eigenvalue weighted by molar-refractivity contribution is 5.30. The van der Waals surface area contributed by atoms with E-state index in [0.717, 1.165) is 24.9 Å². The van der Waals surface area contributed by atoms with Crippen molar-refractivity contribution in [1.82, 2.24) is 5.32 Å². The standard InChI is InChI=1S/C16H25N/c1-3-17-12-16(14-9-5-6-10-14)15-11-7-4-8-13(15)2/h4,7-8,11,14,16-17H,3,5-6,9-10,12H2,1-2H3. The number of benzene rings is 1. The SMILES string of the molecule is CCNCC(c1ccccc1C)C1CCCC1. The summed E-state index contributed by atoms with van der Waals surface area (Å²) >= 11 is 0. The summed E-state index contributed by atoms with van der Waals surface area (Å²) in [4.78, 5) is 0. The summed E-state index contributed by atoms with van der Waals surface area (Å²) in [5.41, 5.74) is 3.03. The molecule has 1 aromatic rings. The zero-order valence-electron chi connectivity index (χ0n) is 11.2. The third-order valence-electron chi connectivity index (χ3n) is 4.17. The van der Waals surface area contributed by atoms with Crippen LogP contribution in [0, 0.1) is 12.8 Å². The average Bonchev–Trinajstić information content (AvgIpc) is 2.85. The monoisotopic (exact) mass is 231 g/mol. The van der Waals surface area contributed by atoms with Crippen molar-refractivity contribution < 1.29 is 0 Å². The third-order valence-corrected chi connectivity index (χ3v) is 4.17. The fourth-order valence-corrected chi connectivity index (χ4v) is 3.19. The maximum Gasteiger partial charge on any atom is 0.00228 e. The summed E-state index contributed by atoms with van der Waals surface area (Å²) in [7, 11) is 0. The van der Waals surface area contributed by atoms with Gasteiger partial charge in [-0.1, -0.05) is 44.0 Å². The molecule has 1 N–H and O–H groups in total. The summed E-state index contributed by atoms with van der Waals surface area (Å²) in [5, 5.41) is 3.55. The van der Waals surface area contributed by atoms with Crippen LogP contribution >= 0.6 is 0 Å². The van der Waals surface area contributed by atoms with Crippen LogP contribution in [0.25, 0.3) is 0 Å². The molecular weight excluding hydrogens is 206 g/mol. The maximum atomic E-state index is 3.55. The fourth-order valence-electron chi connectivity index (χ4n) is 3.19. The molecule has 1 atom stereocenters. The minimum absolute atomic E-state index is 0.721. The highest BCUT2D eigenvalue weighted by Crippen LogP contribution is 2.37. The van der Waals surface area contributed by atoms with Crippen molar-refractivity contribution in [1.29, 1.82) is 0 Å². The smallest absolute Gasteiger partial charge is 0.00228 e. The van der Waals surface area contributed by atoms with Crippen molar-refractivity contribution in [3.05, 3.63) is 35.4 Å². The van der Waals surface area contributed by atoms with Crippen LogP contribution in [0.5, 0.6) is 0 Å². The van der Waals surface area contributed by atoms with Crippen LogP contribution < -0.4 is 5.32 Å². The van der Waals surface area contributed by atoms with E-state index >= 15 is 0 Å². The van der Waals surface area contributed by atoms with Gasteiger partial charge in [0.25, 0.3) is 0 Å². The molecule has 0 radical (unpaired) electrons. The Bertz CT molecular complexity index is 339. The van der Waals surface area contributed by atoms with E-state index in [1.165, 1.54) is 31.2 Å². The second-order valence-electron chi connectivity index (χ2n) is 5.32. The van der Waals surface area contributed by atoms with Crippen LogP contribution in [0.2, 0.25) is 0 Å². The molecule has 1 nitrogen and oxygen atoms in total. The van der Waals surface area contributed by atoms with E-state index < -0.39 is 0 Å². The van der Waals surface area contributed by atoms with Gasteiger partial charge in [0.05, 0.1) is 0 Å². The van der Waals surface area contributed by atoms with Gasteiger partial charge in [-0.25, -0.2) is 0 Å². The van der Waals surface area contributed by atoms with E-state index in [-0.39, 0.29) is 0 Å². The Kier molecular flexibility index (Phi) is 4.61. The fraction of sp³-hybridized carbons (Fsp3) is 0.625. The van der Waals surface area contributed by atoms with E-state index in [9.17, 15) is 0 Å². The summed E-state index contributed by atoms with van der Waals surface area (Å²) in [6.07, 6.45) is 5.70. The molecular formula is C16H25N. The number of hydrogen-bond donors (Lipinski definition) is 1. The summed E-state index contributed by atoms with van der Waals surface area (Å²) in [5.74, 6) is 1.62. The molecule has 0 heterocycles. The van der Waals surface area contributed by atoms with Crippen LogP contribution in [-0.2, 0) is 0 Å². The predicted octanol–water partition coefficient (Wildman–Crippen LogP) is 3.88. The Morgan fingerprint density at radius 2 is 1.94 bits per heavy atom. The summed E-state index contributed by atoms with van der Waals surface area (Å²) < 4.78 is 0. The third kappa shape index (κ3) is 3.10. The van der Waals surface area contributed by atoms with Gasteiger partial charge in [-0.05, 0) is 49.3 Å². The molecule has 17 heavy (non-hydrogen) atoms. The normalized spacial score (nSPS) is 18.5. The molecule has 1 unspecified atom stereocenters. The van der Waals surface area contributed by atoms with Crippen LogP contribution in [0.4, 0.5) is 0 Å². The van der Waals surface area contributed by atoms with Gasteiger partial charge in [-0.15, -0.1) is 0 Å². The lowest BCUT2D eigenvalue weighted by Crippen LogP contribution is -2.26. The van der Waals surface area contributed by atoms with E-state index in [1.54, 1.807) is 5.56 Å². The van der Waals surface area contributed by atoms with Crippen LogP contribution in [0.1, 0.15) is 49.7 Å². The summed E-state index contributed by atoms with van der Waals surface area (Å²) in [6, 6.07) is 8.92. The molecule has 1 saturated carbocycles. The Hall–Kier alpha value is -0.820. The van der Waals surface area contributed by atoms with Crippen molar-refractivity contribution in [2.45, 2.75) is 45.4 Å². The molecule has 0 aromatic heterocycles. The molecule has 0 saturated heterocycles. The summed E-state index contributed by atoms with van der Waals surface area (Å²) in [6.45, 7) is 6.67. The Labute approximate surface area is 106 Å². The largest absolute Gasteiger partial charge is 0.316 e. The lowest BCUT2D eigenvalue weighted by Gasteiger charge is -2.25. The molecule has 0 amide bonds. The van der Waals surface area contributed by atoms with Gasteiger partial charge in [0.1, 0.15) is 0 Å². The molecule has 0 bridgehead atoms. The highest BCUT2D eigenvalue weighted by Gasteiger charge is 2.26. The van der Waals surface area contributed by atoms with Gasteiger partial charge >= 0.3 is 0 Å². The van der Waals surface area contributed by atoms with Gasteiger partial charge in [0.15, 0.2) is 0 Å². The van der Waals surface area contributed by atoms with E-state index in [0.29, 0.717) is 0 Å². The molecule has 2 rings (SSSR count). The molecule has 1 fully saturated rings. The average molecular weight is 231 g/mol. The minimum Gasteiger partial charge on any atom is -0.316 e. The van der Waals surface area contributed by atoms with E-state index in [1.807, 2.05) is 0 Å². The van der Waals surface area contributed by atoms with Gasteiger partial charge in [-0.2, -0.15) is 0 Å². The van der Waals surface area contributed by atoms with E-state index in [2.05, 4.69) is 43.4 Å². The first-order valence-corrected chi connectivity index (χ1v) is 7.09. The molecule has 1 aliphatic carbocycles. The van der Waals surface area contributed by atoms with Crippen LogP contribution in [0.3, 0.4) is 0 Å². The molecule has 0 aliphatic heterocycles. The van der Waals surface area contributed by atoms with Gasteiger partial charge in [-0.3, -0.25) is 0 Å². The van der Waals surface area contributed by atoms with Gasteiger partial charge in [0.2, 0.25) is 0 Å². The molecule has 1 heteroatoms. The zero-order chi connectivity index (χ0) is 12.1. The number of nitrogens with one attached hydrogen (secondary N) is 1. The molecule has 1 aromatic carbocycles. The first-order chi connectivity index (χ1) is 8.33. The van der Waals surface area contributed by atoms with Gasteiger partial charge in [0, 0.05) is 6.54 Å². The van der Waals surface area contributed by atoms with Crippen molar-refractivity contribution in [3.8, 4) is 0 Å². The maximum absolute atomic E-state index is 3.55. The second kappa shape index (κ2) is 6.20. The first kappa shape index (κ1) is 12.6. The molecule has 94 valence electrons.